The number of carbonyl (C=O) groups is 1. The van der Waals surface area contributed by atoms with Gasteiger partial charge in [-0.2, -0.15) is 0 Å². The van der Waals surface area contributed by atoms with E-state index < -0.39 is 17.5 Å². The maximum atomic E-state index is 10.6. The summed E-state index contributed by atoms with van der Waals surface area (Å²) in [7, 11) is 0. The first-order valence-corrected chi connectivity index (χ1v) is 6.03. The molecule has 0 spiro atoms. The van der Waals surface area contributed by atoms with Gasteiger partial charge in [0.05, 0.1) is 25.2 Å². The second-order valence-corrected chi connectivity index (χ2v) is 3.80. The third-order valence-corrected chi connectivity index (χ3v) is 2.71. The highest BCUT2D eigenvalue weighted by Crippen LogP contribution is 2.21. The molecule has 0 saturated carbocycles. The van der Waals surface area contributed by atoms with Crippen LogP contribution in [0.25, 0.3) is 0 Å². The summed E-state index contributed by atoms with van der Waals surface area (Å²) in [6.07, 6.45) is 0. The van der Waals surface area contributed by atoms with Crippen molar-refractivity contribution in [2.45, 2.75) is 20.8 Å². The monoisotopic (exact) mass is 255 g/mol. The first-order chi connectivity index (χ1) is 8.46. The lowest BCUT2D eigenvalue weighted by atomic mass is 10.2. The van der Waals surface area contributed by atoms with Gasteiger partial charge in [0, 0.05) is 0 Å². The van der Waals surface area contributed by atoms with Crippen molar-refractivity contribution in [3.63, 3.8) is 0 Å². The van der Waals surface area contributed by atoms with E-state index in [1.807, 2.05) is 0 Å². The highest BCUT2D eigenvalue weighted by atomic mass is 16.4. The molecule has 1 rings (SSSR count). The third kappa shape index (κ3) is 5.54. The number of quaternary nitrogens is 1. The number of carboxylic acids is 1. The van der Waals surface area contributed by atoms with Crippen molar-refractivity contribution in [3.05, 3.63) is 23.8 Å². The van der Waals surface area contributed by atoms with Gasteiger partial charge in [-0.15, -0.1) is 0 Å². The van der Waals surface area contributed by atoms with E-state index in [2.05, 4.69) is 20.8 Å². The summed E-state index contributed by atoms with van der Waals surface area (Å²) in [5.74, 6) is -2.28. The van der Waals surface area contributed by atoms with Crippen molar-refractivity contribution in [2.75, 3.05) is 19.6 Å². The van der Waals surface area contributed by atoms with Gasteiger partial charge in [0.1, 0.15) is 5.75 Å². The predicted molar refractivity (Wildman–Crippen MR) is 67.1 cm³/mol. The van der Waals surface area contributed by atoms with Crippen LogP contribution in [-0.2, 0) is 0 Å². The van der Waals surface area contributed by atoms with Crippen molar-refractivity contribution < 1.29 is 25.0 Å². The predicted octanol–water partition coefficient (Wildman–Crippen LogP) is 0.0950. The Bertz CT molecular complexity index is 370. The van der Waals surface area contributed by atoms with E-state index in [4.69, 9.17) is 10.2 Å². The van der Waals surface area contributed by atoms with E-state index in [9.17, 15) is 9.90 Å². The molecule has 0 bridgehead atoms. The van der Waals surface area contributed by atoms with Gasteiger partial charge < -0.3 is 20.2 Å². The second kappa shape index (κ2) is 8.36. The first kappa shape index (κ1) is 16.2. The van der Waals surface area contributed by atoms with E-state index >= 15 is 0 Å². The minimum atomic E-state index is -1.17. The fourth-order valence-electron chi connectivity index (χ4n) is 1.40. The Hall–Kier alpha value is -1.75. The molecule has 18 heavy (non-hydrogen) atoms. The maximum Gasteiger partial charge on any atom is 0.335 e. The van der Waals surface area contributed by atoms with E-state index in [0.29, 0.717) is 0 Å². The summed E-state index contributed by atoms with van der Waals surface area (Å²) < 4.78 is 0. The second-order valence-electron chi connectivity index (χ2n) is 3.80. The van der Waals surface area contributed by atoms with Crippen LogP contribution in [0.1, 0.15) is 31.1 Å². The summed E-state index contributed by atoms with van der Waals surface area (Å²) in [6.45, 7) is 10.5. The standard InChI is InChI=1S/C7H6O4.C6H15N/c8-5-2-1-4(7(10)11)3-6(5)9;1-4-7(5-2)6-3/h1-3,8-9H,(H,10,11);4-6H2,1-3H3. The molecule has 1 aromatic rings. The number of phenolic OH excluding ortho intramolecular Hbond substituents is 1. The Morgan fingerprint density at radius 3 is 2.00 bits per heavy atom. The van der Waals surface area contributed by atoms with Crippen LogP contribution in [0.2, 0.25) is 0 Å². The smallest absolute Gasteiger partial charge is 0.335 e. The number of rotatable bonds is 4. The van der Waals surface area contributed by atoms with Gasteiger partial charge in [0.2, 0.25) is 0 Å². The van der Waals surface area contributed by atoms with Crippen molar-refractivity contribution in [1.29, 1.82) is 0 Å². The fourth-order valence-corrected chi connectivity index (χ4v) is 1.40. The topological polar surface area (TPSA) is 85.0 Å². The molecule has 0 atom stereocenters. The van der Waals surface area contributed by atoms with E-state index in [1.165, 1.54) is 19.6 Å². The molecule has 1 aromatic carbocycles. The van der Waals surface area contributed by atoms with Crippen LogP contribution in [-0.4, -0.2) is 35.8 Å². The fraction of sp³-hybridized carbons (Fsp3) is 0.462. The molecular weight excluding hydrogens is 234 g/mol. The number of hydrogen-bond acceptors (Lipinski definition) is 3. The Morgan fingerprint density at radius 1 is 1.22 bits per heavy atom. The molecule has 0 fully saturated rings. The number of carboxylic acid groups (broad SMARTS) is 1. The Kier molecular flexibility index (Phi) is 7.54. The number of benzene rings is 1. The minimum Gasteiger partial charge on any atom is -0.870 e. The minimum absolute atomic E-state index is 0.0953. The van der Waals surface area contributed by atoms with Crippen LogP contribution in [0.4, 0.5) is 0 Å². The van der Waals surface area contributed by atoms with Crippen LogP contribution in [0.15, 0.2) is 18.2 Å². The van der Waals surface area contributed by atoms with Gasteiger partial charge in [-0.25, -0.2) is 4.79 Å². The van der Waals surface area contributed by atoms with Crippen LogP contribution >= 0.6 is 0 Å². The average Bonchev–Trinajstić information content (AvgIpc) is 2.35. The molecule has 0 saturated heterocycles. The van der Waals surface area contributed by atoms with Gasteiger partial charge in [0.15, 0.2) is 0 Å². The lowest BCUT2D eigenvalue weighted by Crippen LogP contribution is -3.11. The van der Waals surface area contributed by atoms with Crippen molar-refractivity contribution in [1.82, 2.24) is 0 Å². The molecule has 0 aromatic heterocycles. The van der Waals surface area contributed by atoms with Gasteiger partial charge in [-0.3, -0.25) is 0 Å². The maximum absolute atomic E-state index is 10.6. The summed E-state index contributed by atoms with van der Waals surface area (Å²) in [6, 6.07) is 3.08. The van der Waals surface area contributed by atoms with Crippen LogP contribution < -0.4 is 10.0 Å². The number of aromatic carboxylic acids is 1. The zero-order valence-corrected chi connectivity index (χ0v) is 11.1. The molecule has 0 aliphatic carbocycles. The Balaban J connectivity index is 0.000000360. The van der Waals surface area contributed by atoms with Gasteiger partial charge in [-0.1, -0.05) is 11.8 Å². The van der Waals surface area contributed by atoms with Crippen LogP contribution in [0.3, 0.4) is 0 Å². The summed E-state index contributed by atoms with van der Waals surface area (Å²) >= 11 is 0. The number of hydrogen-bond donors (Lipinski definition) is 3. The molecule has 0 aliphatic rings. The molecular formula is C13H21NO4. The van der Waals surface area contributed by atoms with Crippen molar-refractivity contribution in [3.8, 4) is 11.5 Å². The Morgan fingerprint density at radius 2 is 1.72 bits per heavy atom. The molecule has 0 aliphatic heterocycles. The number of nitrogens with one attached hydrogen (secondary N) is 1. The molecule has 3 N–H and O–H groups in total. The lowest BCUT2D eigenvalue weighted by molar-refractivity contribution is -0.894. The SMILES string of the molecule is CC[NH+](CC)CC.O=C(O)c1ccc([O-])c(O)c1. The van der Waals surface area contributed by atoms with E-state index in [-0.39, 0.29) is 5.56 Å². The van der Waals surface area contributed by atoms with Crippen LogP contribution in [0, 0.1) is 0 Å². The summed E-state index contributed by atoms with van der Waals surface area (Å²) in [4.78, 5) is 11.9. The molecule has 0 heterocycles. The molecule has 0 unspecified atom stereocenters. The van der Waals surface area contributed by atoms with E-state index in [1.54, 1.807) is 4.90 Å². The zero-order valence-electron chi connectivity index (χ0n) is 11.1. The number of aromatic hydroxyl groups is 1. The molecule has 5 nitrogen and oxygen atoms in total. The molecule has 5 heteroatoms. The average molecular weight is 255 g/mol. The highest BCUT2D eigenvalue weighted by molar-refractivity contribution is 5.88. The largest absolute Gasteiger partial charge is 0.870 e. The van der Waals surface area contributed by atoms with E-state index in [0.717, 1.165) is 18.2 Å². The highest BCUT2D eigenvalue weighted by Gasteiger charge is 2.02. The first-order valence-electron chi connectivity index (χ1n) is 6.03. The van der Waals surface area contributed by atoms with Crippen molar-refractivity contribution in [2.24, 2.45) is 0 Å². The lowest BCUT2D eigenvalue weighted by Gasteiger charge is -2.10. The number of phenols is 1. The molecule has 0 amide bonds. The van der Waals surface area contributed by atoms with Gasteiger partial charge in [0.25, 0.3) is 0 Å². The zero-order chi connectivity index (χ0) is 14.1. The van der Waals surface area contributed by atoms with Gasteiger partial charge in [-0.05, 0) is 32.9 Å². The van der Waals surface area contributed by atoms with Gasteiger partial charge >= 0.3 is 5.97 Å². The third-order valence-electron chi connectivity index (χ3n) is 2.71. The Labute approximate surface area is 107 Å². The van der Waals surface area contributed by atoms with Crippen molar-refractivity contribution >= 4 is 5.97 Å². The quantitative estimate of drug-likeness (QED) is 0.712. The summed E-state index contributed by atoms with van der Waals surface area (Å²) in [5.41, 5.74) is -0.0953. The normalized spacial score (nSPS) is 9.78. The van der Waals surface area contributed by atoms with Crippen LogP contribution in [0.5, 0.6) is 11.5 Å². The summed E-state index contributed by atoms with van der Waals surface area (Å²) in [5, 5.41) is 27.7. The molecule has 102 valence electrons. The molecule has 0 radical (unpaired) electrons.